The molecule has 116 valence electrons. The van der Waals surface area contributed by atoms with E-state index in [9.17, 15) is 9.90 Å². The molecule has 0 aromatic carbocycles. The molecule has 5 heteroatoms. The molecule has 1 N–H and O–H groups in total. The van der Waals surface area contributed by atoms with Crippen LogP contribution in [0.15, 0.2) is 6.20 Å². The zero-order valence-corrected chi connectivity index (χ0v) is 13.3. The average Bonchev–Trinajstić information content (AvgIpc) is 3.23. The van der Waals surface area contributed by atoms with Gasteiger partial charge in [0, 0.05) is 18.5 Å². The highest BCUT2D eigenvalue weighted by molar-refractivity contribution is 5.92. The molecule has 0 atom stereocenters. The molecule has 21 heavy (non-hydrogen) atoms. The van der Waals surface area contributed by atoms with Crippen molar-refractivity contribution < 1.29 is 9.90 Å². The Hall–Kier alpha value is -1.65. The topological polar surface area (TPSA) is 66.3 Å². The van der Waals surface area contributed by atoms with Gasteiger partial charge in [-0.05, 0) is 25.2 Å². The van der Waals surface area contributed by atoms with Gasteiger partial charge in [-0.1, -0.05) is 27.7 Å². The molecule has 1 aliphatic rings. The summed E-state index contributed by atoms with van der Waals surface area (Å²) in [6.45, 7) is 9.17. The number of nitrogens with zero attached hydrogens (tertiary/aromatic N) is 3. The van der Waals surface area contributed by atoms with Crippen molar-refractivity contribution in [2.45, 2.75) is 58.9 Å². The van der Waals surface area contributed by atoms with Gasteiger partial charge in [-0.3, -0.25) is 0 Å². The van der Waals surface area contributed by atoms with Gasteiger partial charge in [-0.25, -0.2) is 14.8 Å². The van der Waals surface area contributed by atoms with E-state index in [-0.39, 0.29) is 11.6 Å². The van der Waals surface area contributed by atoms with Crippen molar-refractivity contribution in [1.29, 1.82) is 0 Å². The Balaban J connectivity index is 2.32. The van der Waals surface area contributed by atoms with Crippen LogP contribution in [0.25, 0.3) is 0 Å². The molecule has 2 rings (SSSR count). The van der Waals surface area contributed by atoms with Crippen LogP contribution in [-0.4, -0.2) is 33.6 Å². The van der Waals surface area contributed by atoms with Crippen LogP contribution >= 0.6 is 0 Å². The summed E-state index contributed by atoms with van der Waals surface area (Å²) >= 11 is 0. The van der Waals surface area contributed by atoms with Crippen molar-refractivity contribution in [1.82, 2.24) is 9.97 Å². The quantitative estimate of drug-likeness (QED) is 0.834. The first kappa shape index (κ1) is 15.7. The molecule has 0 aliphatic heterocycles. The molecule has 0 saturated heterocycles. The van der Waals surface area contributed by atoms with Crippen molar-refractivity contribution in [2.24, 2.45) is 5.92 Å². The summed E-state index contributed by atoms with van der Waals surface area (Å²) in [7, 11) is 0. The highest BCUT2D eigenvalue weighted by Crippen LogP contribution is 2.33. The van der Waals surface area contributed by atoms with Crippen molar-refractivity contribution in [3.63, 3.8) is 0 Å². The third-order valence-electron chi connectivity index (χ3n) is 3.75. The predicted octanol–water partition coefficient (Wildman–Crippen LogP) is 3.31. The van der Waals surface area contributed by atoms with Gasteiger partial charge < -0.3 is 10.0 Å². The van der Waals surface area contributed by atoms with Crippen LogP contribution < -0.4 is 4.90 Å². The van der Waals surface area contributed by atoms with Crippen molar-refractivity contribution >= 4 is 11.7 Å². The molecule has 0 bridgehead atoms. The van der Waals surface area contributed by atoms with Crippen molar-refractivity contribution in [2.75, 3.05) is 11.4 Å². The molecule has 0 unspecified atom stereocenters. The van der Waals surface area contributed by atoms with Crippen molar-refractivity contribution in [3.8, 4) is 0 Å². The van der Waals surface area contributed by atoms with Gasteiger partial charge in [0.15, 0.2) is 5.69 Å². The summed E-state index contributed by atoms with van der Waals surface area (Å²) in [5, 5.41) is 9.48. The van der Waals surface area contributed by atoms with E-state index in [4.69, 9.17) is 0 Å². The molecule has 0 spiro atoms. The van der Waals surface area contributed by atoms with Gasteiger partial charge >= 0.3 is 5.97 Å². The number of carboxylic acid groups (broad SMARTS) is 1. The third kappa shape index (κ3) is 3.93. The summed E-state index contributed by atoms with van der Waals surface area (Å²) < 4.78 is 0. The lowest BCUT2D eigenvalue weighted by molar-refractivity contribution is 0.0690. The van der Waals surface area contributed by atoms with Crippen LogP contribution in [0.5, 0.6) is 0 Å². The number of aromatic nitrogens is 2. The van der Waals surface area contributed by atoms with Crippen LogP contribution in [0.2, 0.25) is 0 Å². The number of carboxylic acids is 1. The Bertz CT molecular complexity index is 510. The summed E-state index contributed by atoms with van der Waals surface area (Å²) in [5.41, 5.74) is 0.819. The van der Waals surface area contributed by atoms with E-state index in [0.29, 0.717) is 23.5 Å². The van der Waals surface area contributed by atoms with Gasteiger partial charge in [0.1, 0.15) is 5.82 Å². The first-order valence-corrected chi connectivity index (χ1v) is 7.77. The second kappa shape index (κ2) is 6.41. The van der Waals surface area contributed by atoms with Gasteiger partial charge in [0.25, 0.3) is 0 Å². The highest BCUT2D eigenvalue weighted by Gasteiger charge is 2.32. The number of aromatic carboxylic acids is 1. The number of carbonyl (C=O) groups is 1. The zero-order valence-electron chi connectivity index (χ0n) is 13.3. The number of rotatable bonds is 7. The molecule has 1 heterocycles. The van der Waals surface area contributed by atoms with Crippen LogP contribution in [-0.2, 0) is 0 Å². The Morgan fingerprint density at radius 3 is 2.52 bits per heavy atom. The lowest BCUT2D eigenvalue weighted by Gasteiger charge is -2.26. The fraction of sp³-hybridized carbons (Fsp3) is 0.688. The number of anilines is 1. The van der Waals surface area contributed by atoms with Gasteiger partial charge in [0.2, 0.25) is 0 Å². The molecule has 0 radical (unpaired) electrons. The maximum absolute atomic E-state index is 11.6. The van der Waals surface area contributed by atoms with Crippen LogP contribution in [0, 0.1) is 5.92 Å². The summed E-state index contributed by atoms with van der Waals surface area (Å²) in [6, 6.07) is 0.454. The van der Waals surface area contributed by atoms with E-state index in [1.54, 1.807) is 6.20 Å². The Labute approximate surface area is 126 Å². The SMILES string of the molecule is CC(C)CCN(c1cnc(C(C)C)nc1C(=O)O)C1CC1. The molecule has 5 nitrogen and oxygen atoms in total. The maximum atomic E-state index is 11.6. The molecule has 1 aromatic rings. The van der Waals surface area contributed by atoms with E-state index in [1.807, 2.05) is 13.8 Å². The second-order valence-electron chi connectivity index (χ2n) is 6.53. The van der Waals surface area contributed by atoms with E-state index in [1.165, 1.54) is 0 Å². The maximum Gasteiger partial charge on any atom is 0.356 e. The number of hydrogen-bond donors (Lipinski definition) is 1. The second-order valence-corrected chi connectivity index (χ2v) is 6.53. The average molecular weight is 291 g/mol. The van der Waals surface area contributed by atoms with Crippen LogP contribution in [0.4, 0.5) is 5.69 Å². The van der Waals surface area contributed by atoms with E-state index < -0.39 is 5.97 Å². The van der Waals surface area contributed by atoms with Crippen molar-refractivity contribution in [3.05, 3.63) is 17.7 Å². The molecular formula is C16H25N3O2. The minimum absolute atomic E-state index is 0.127. The van der Waals surface area contributed by atoms with E-state index in [2.05, 4.69) is 28.7 Å². The molecule has 1 fully saturated rings. The molecule has 1 saturated carbocycles. The molecule has 1 aromatic heterocycles. The fourth-order valence-corrected chi connectivity index (χ4v) is 2.32. The van der Waals surface area contributed by atoms with Gasteiger partial charge in [-0.2, -0.15) is 0 Å². The largest absolute Gasteiger partial charge is 0.476 e. The predicted molar refractivity (Wildman–Crippen MR) is 82.9 cm³/mol. The van der Waals surface area contributed by atoms with E-state index in [0.717, 1.165) is 25.8 Å². The summed E-state index contributed by atoms with van der Waals surface area (Å²) in [5.74, 6) is 0.345. The normalized spacial score (nSPS) is 14.8. The molecular weight excluding hydrogens is 266 g/mol. The Morgan fingerprint density at radius 1 is 1.38 bits per heavy atom. The standard InChI is InChI=1S/C16H25N3O2/c1-10(2)7-8-19(12-5-6-12)13-9-17-15(11(3)4)18-14(13)16(20)21/h9-12H,5-8H2,1-4H3,(H,20,21). The Kier molecular flexibility index (Phi) is 4.80. The summed E-state index contributed by atoms with van der Waals surface area (Å²) in [6.07, 6.45) is 5.00. The minimum Gasteiger partial charge on any atom is -0.476 e. The first-order valence-electron chi connectivity index (χ1n) is 7.77. The van der Waals surface area contributed by atoms with Crippen LogP contribution in [0.1, 0.15) is 69.2 Å². The van der Waals surface area contributed by atoms with Gasteiger partial charge in [0.05, 0.1) is 11.9 Å². The molecule has 0 amide bonds. The van der Waals surface area contributed by atoms with E-state index >= 15 is 0 Å². The minimum atomic E-state index is -0.968. The number of hydrogen-bond acceptors (Lipinski definition) is 4. The lowest BCUT2D eigenvalue weighted by atomic mass is 10.1. The lowest BCUT2D eigenvalue weighted by Crippen LogP contribution is -2.30. The zero-order chi connectivity index (χ0) is 15.6. The van der Waals surface area contributed by atoms with Gasteiger partial charge in [-0.15, -0.1) is 0 Å². The fourth-order valence-electron chi connectivity index (χ4n) is 2.32. The third-order valence-corrected chi connectivity index (χ3v) is 3.75. The van der Waals surface area contributed by atoms with Crippen LogP contribution in [0.3, 0.4) is 0 Å². The summed E-state index contributed by atoms with van der Waals surface area (Å²) in [4.78, 5) is 22.4. The smallest absolute Gasteiger partial charge is 0.356 e. The first-order chi connectivity index (χ1) is 9.90. The Morgan fingerprint density at radius 2 is 2.05 bits per heavy atom. The molecule has 1 aliphatic carbocycles. The monoisotopic (exact) mass is 291 g/mol. The highest BCUT2D eigenvalue weighted by atomic mass is 16.4.